The Morgan fingerprint density at radius 2 is 1.84 bits per heavy atom. The fourth-order valence-electron chi connectivity index (χ4n) is 5.50. The summed E-state index contributed by atoms with van der Waals surface area (Å²) < 4.78 is 5.43. The highest BCUT2D eigenvalue weighted by molar-refractivity contribution is 8.04. The van der Waals surface area contributed by atoms with Gasteiger partial charge in [0.15, 0.2) is 0 Å². The molecule has 1 heterocycles. The third kappa shape index (κ3) is 5.97. The van der Waals surface area contributed by atoms with E-state index < -0.39 is 0 Å². The molecule has 0 aromatic heterocycles. The Hall–Kier alpha value is -3.51. The quantitative estimate of drug-likeness (QED) is 0.385. The van der Waals surface area contributed by atoms with Crippen LogP contribution in [-0.4, -0.2) is 35.1 Å². The van der Waals surface area contributed by atoms with E-state index in [4.69, 9.17) is 4.74 Å². The van der Waals surface area contributed by atoms with E-state index in [1.807, 2.05) is 71.6 Å². The molecule has 2 fully saturated rings. The first-order valence-corrected chi connectivity index (χ1v) is 14.1. The van der Waals surface area contributed by atoms with Crippen LogP contribution in [0.25, 0.3) is 6.08 Å². The highest BCUT2D eigenvalue weighted by atomic mass is 32.2. The number of methoxy groups -OCH3 is 1. The minimum atomic E-state index is -0.126. The van der Waals surface area contributed by atoms with Crippen LogP contribution in [0.1, 0.15) is 41.5 Å². The van der Waals surface area contributed by atoms with Crippen molar-refractivity contribution < 1.29 is 14.3 Å². The van der Waals surface area contributed by atoms with E-state index in [1.165, 1.54) is 5.56 Å². The zero-order chi connectivity index (χ0) is 26.5. The minimum absolute atomic E-state index is 0.0108. The summed E-state index contributed by atoms with van der Waals surface area (Å²) in [5.41, 5.74) is 4.28. The Labute approximate surface area is 229 Å². The van der Waals surface area contributed by atoms with Gasteiger partial charge in [-0.15, -0.1) is 11.8 Å². The zero-order valence-electron chi connectivity index (χ0n) is 21.9. The summed E-state index contributed by atoms with van der Waals surface area (Å²) in [6, 6.07) is 26.1. The number of hydrogen-bond acceptors (Lipinski definition) is 4. The Bertz CT molecular complexity index is 1320. The van der Waals surface area contributed by atoms with Crippen molar-refractivity contribution >= 4 is 29.7 Å². The predicted octanol–water partition coefficient (Wildman–Crippen LogP) is 5.97. The summed E-state index contributed by atoms with van der Waals surface area (Å²) in [7, 11) is 1.64. The second kappa shape index (κ2) is 11.9. The summed E-state index contributed by atoms with van der Waals surface area (Å²) in [4.78, 5) is 29.9. The molecule has 0 spiro atoms. The van der Waals surface area contributed by atoms with Crippen LogP contribution >= 0.6 is 11.8 Å². The largest absolute Gasteiger partial charge is 0.496 e. The summed E-state index contributed by atoms with van der Waals surface area (Å²) >= 11 is 1.69. The Kier molecular flexibility index (Phi) is 8.18. The van der Waals surface area contributed by atoms with Crippen molar-refractivity contribution in [2.45, 2.75) is 50.6 Å². The standard InChI is InChI=1S/C32H34N2O3S/c1-22-9-8-12-24(17-22)21-34-27-19-25(31(35)33-20-26-13-6-7-14-28(26)37-2)15-16-29(27)38-30(32(34)36)18-23-10-4-3-5-11-23/h3-14,17-18,25,27,29H,15-16,19-21H2,1-2H3,(H,33,35)/b30-18-. The normalized spacial score (nSPS) is 22.2. The second-order valence-electron chi connectivity index (χ2n) is 10.1. The van der Waals surface area contributed by atoms with Crippen LogP contribution in [0, 0.1) is 12.8 Å². The Balaban J connectivity index is 1.35. The van der Waals surface area contributed by atoms with Gasteiger partial charge >= 0.3 is 0 Å². The monoisotopic (exact) mass is 526 g/mol. The predicted molar refractivity (Wildman–Crippen MR) is 153 cm³/mol. The lowest BCUT2D eigenvalue weighted by Crippen LogP contribution is -2.53. The molecule has 1 aliphatic heterocycles. The number of ether oxygens (including phenoxy) is 1. The number of fused-ring (bicyclic) bond motifs is 1. The number of thioether (sulfide) groups is 1. The number of rotatable bonds is 7. The minimum Gasteiger partial charge on any atom is -0.496 e. The van der Waals surface area contributed by atoms with Gasteiger partial charge in [-0.1, -0.05) is 78.4 Å². The van der Waals surface area contributed by atoms with Crippen LogP contribution in [-0.2, 0) is 22.7 Å². The van der Waals surface area contributed by atoms with Crippen LogP contribution in [0.2, 0.25) is 0 Å². The Morgan fingerprint density at radius 1 is 1.05 bits per heavy atom. The topological polar surface area (TPSA) is 58.6 Å². The number of benzene rings is 3. The van der Waals surface area contributed by atoms with Crippen molar-refractivity contribution in [2.75, 3.05) is 7.11 Å². The average molecular weight is 527 g/mol. The Morgan fingerprint density at radius 3 is 2.63 bits per heavy atom. The van der Waals surface area contributed by atoms with Crippen LogP contribution in [0.5, 0.6) is 5.75 Å². The van der Waals surface area contributed by atoms with E-state index in [-0.39, 0.29) is 29.0 Å². The molecule has 2 amide bonds. The molecule has 5 nitrogen and oxygen atoms in total. The van der Waals surface area contributed by atoms with Gasteiger partial charge in [-0.25, -0.2) is 0 Å². The maximum Gasteiger partial charge on any atom is 0.260 e. The second-order valence-corrected chi connectivity index (χ2v) is 11.4. The van der Waals surface area contributed by atoms with Gasteiger partial charge in [-0.3, -0.25) is 9.59 Å². The van der Waals surface area contributed by atoms with Crippen LogP contribution in [0.4, 0.5) is 0 Å². The molecule has 1 saturated carbocycles. The molecule has 196 valence electrons. The summed E-state index contributed by atoms with van der Waals surface area (Å²) in [6.07, 6.45) is 4.40. The summed E-state index contributed by atoms with van der Waals surface area (Å²) in [6.45, 7) is 3.05. The average Bonchev–Trinajstić information content (AvgIpc) is 2.94. The smallest absolute Gasteiger partial charge is 0.260 e. The molecule has 6 heteroatoms. The molecule has 3 aromatic carbocycles. The van der Waals surface area contributed by atoms with Crippen LogP contribution in [0.15, 0.2) is 83.8 Å². The van der Waals surface area contributed by atoms with Gasteiger partial charge in [-0.2, -0.15) is 0 Å². The SMILES string of the molecule is COc1ccccc1CNC(=O)C1CCC2S/C(=C\c3ccccc3)C(=O)N(Cc3cccc(C)c3)C2C1. The number of carbonyl (C=O) groups excluding carboxylic acids is 2. The molecule has 3 atom stereocenters. The molecule has 0 radical (unpaired) electrons. The lowest BCUT2D eigenvalue weighted by atomic mass is 9.83. The van der Waals surface area contributed by atoms with Crippen molar-refractivity contribution in [2.24, 2.45) is 5.92 Å². The first-order chi connectivity index (χ1) is 18.5. The fourth-order valence-corrected chi connectivity index (χ4v) is 6.91. The first-order valence-electron chi connectivity index (χ1n) is 13.2. The molecule has 1 aliphatic carbocycles. The maximum atomic E-state index is 13.9. The highest BCUT2D eigenvalue weighted by Crippen LogP contribution is 2.44. The molecule has 3 aromatic rings. The summed E-state index contributed by atoms with van der Waals surface area (Å²) in [5.74, 6) is 0.747. The number of amides is 2. The van der Waals surface area contributed by atoms with Crippen molar-refractivity contribution in [3.8, 4) is 5.75 Å². The highest BCUT2D eigenvalue weighted by Gasteiger charge is 2.44. The third-order valence-corrected chi connectivity index (χ3v) is 8.85. The van der Waals surface area contributed by atoms with Gasteiger partial charge in [0.05, 0.1) is 12.0 Å². The van der Waals surface area contributed by atoms with E-state index in [0.29, 0.717) is 19.5 Å². The number of nitrogens with zero attached hydrogens (tertiary/aromatic N) is 1. The van der Waals surface area contributed by atoms with Crippen LogP contribution < -0.4 is 10.1 Å². The third-order valence-electron chi connectivity index (χ3n) is 7.45. The van der Waals surface area contributed by atoms with Crippen molar-refractivity contribution in [1.29, 1.82) is 0 Å². The molecular weight excluding hydrogens is 492 g/mol. The van der Waals surface area contributed by atoms with Gasteiger partial charge in [0.2, 0.25) is 5.91 Å². The number of carbonyl (C=O) groups is 2. The molecule has 38 heavy (non-hydrogen) atoms. The molecule has 5 rings (SSSR count). The number of nitrogens with one attached hydrogen (secondary N) is 1. The molecule has 2 aliphatic rings. The number of hydrogen-bond donors (Lipinski definition) is 1. The van der Waals surface area contributed by atoms with Gasteiger partial charge < -0.3 is 15.0 Å². The van der Waals surface area contributed by atoms with Gasteiger partial charge in [0.25, 0.3) is 5.91 Å². The zero-order valence-corrected chi connectivity index (χ0v) is 22.7. The lowest BCUT2D eigenvalue weighted by molar-refractivity contribution is -0.133. The fraction of sp³-hybridized carbons (Fsp3) is 0.312. The molecule has 1 saturated heterocycles. The van der Waals surface area contributed by atoms with Gasteiger partial charge in [0.1, 0.15) is 5.75 Å². The van der Waals surface area contributed by atoms with E-state index >= 15 is 0 Å². The van der Waals surface area contributed by atoms with Gasteiger partial charge in [0, 0.05) is 35.9 Å². The van der Waals surface area contributed by atoms with E-state index in [0.717, 1.165) is 40.2 Å². The van der Waals surface area contributed by atoms with E-state index in [1.54, 1.807) is 18.9 Å². The maximum absolute atomic E-state index is 13.9. The molecule has 1 N–H and O–H groups in total. The van der Waals surface area contributed by atoms with Crippen molar-refractivity contribution in [1.82, 2.24) is 10.2 Å². The summed E-state index contributed by atoms with van der Waals surface area (Å²) in [5, 5.41) is 3.39. The number of aryl methyl sites for hydroxylation is 1. The van der Waals surface area contributed by atoms with E-state index in [2.05, 4.69) is 30.4 Å². The molecule has 3 unspecified atom stereocenters. The lowest BCUT2D eigenvalue weighted by Gasteiger charge is -2.46. The molecule has 0 bridgehead atoms. The first kappa shape index (κ1) is 26.1. The molecular formula is C32H34N2O3S. The van der Waals surface area contributed by atoms with Crippen molar-refractivity contribution in [3.63, 3.8) is 0 Å². The number of para-hydroxylation sites is 1. The van der Waals surface area contributed by atoms with Crippen LogP contribution in [0.3, 0.4) is 0 Å². The van der Waals surface area contributed by atoms with Crippen molar-refractivity contribution in [3.05, 3.63) is 106 Å². The van der Waals surface area contributed by atoms with E-state index in [9.17, 15) is 9.59 Å². The van der Waals surface area contributed by atoms with Gasteiger partial charge in [-0.05, 0) is 49.5 Å².